The van der Waals surface area contributed by atoms with Crippen molar-refractivity contribution in [2.45, 2.75) is 38.6 Å². The van der Waals surface area contributed by atoms with Crippen LogP contribution in [0, 0.1) is 5.92 Å². The number of rotatable bonds is 6. The fourth-order valence-electron chi connectivity index (χ4n) is 2.58. The van der Waals surface area contributed by atoms with Crippen molar-refractivity contribution in [1.82, 2.24) is 10.3 Å². The van der Waals surface area contributed by atoms with Gasteiger partial charge in [0.15, 0.2) is 11.6 Å². The van der Waals surface area contributed by atoms with E-state index >= 15 is 0 Å². The molecule has 1 saturated carbocycles. The number of aromatic nitrogens is 1. The van der Waals surface area contributed by atoms with Gasteiger partial charge in [-0.1, -0.05) is 13.8 Å². The van der Waals surface area contributed by atoms with Gasteiger partial charge < -0.3 is 10.1 Å². The molecular weight excluding hydrogens is 284 g/mol. The lowest BCUT2D eigenvalue weighted by Gasteiger charge is -2.32. The van der Waals surface area contributed by atoms with Crippen LogP contribution in [-0.2, 0) is 14.4 Å². The minimum absolute atomic E-state index is 0.172. The van der Waals surface area contributed by atoms with Crippen molar-refractivity contribution in [3.8, 4) is 5.75 Å². The fourth-order valence-corrected chi connectivity index (χ4v) is 2.58. The molecule has 1 amide bonds. The second kappa shape index (κ2) is 6.68. The Bertz CT molecular complexity index is 580. The van der Waals surface area contributed by atoms with Gasteiger partial charge in [0.25, 0.3) is 0 Å². The average Bonchev–Trinajstić information content (AvgIpc) is 2.54. The van der Waals surface area contributed by atoms with Crippen LogP contribution in [-0.4, -0.2) is 35.6 Å². The largest absolute Gasteiger partial charge is 0.497 e. The molecular formula is C16H20N2O4. The molecule has 0 aliphatic heterocycles. The number of amides is 1. The van der Waals surface area contributed by atoms with Crippen molar-refractivity contribution in [2.75, 3.05) is 7.11 Å². The van der Waals surface area contributed by atoms with Gasteiger partial charge in [-0.25, -0.2) is 0 Å². The van der Waals surface area contributed by atoms with E-state index in [9.17, 15) is 14.4 Å². The smallest absolute Gasteiger partial charge is 0.224 e. The van der Waals surface area contributed by atoms with Gasteiger partial charge in [-0.3, -0.25) is 19.4 Å². The molecule has 0 aromatic carbocycles. The number of nitrogens with one attached hydrogen (secondary N) is 1. The normalized spacial score (nSPS) is 20.7. The Balaban J connectivity index is 2.07. The predicted octanol–water partition coefficient (Wildman–Crippen LogP) is 1.25. The zero-order chi connectivity index (χ0) is 16.3. The zero-order valence-electron chi connectivity index (χ0n) is 13.0. The molecule has 22 heavy (non-hydrogen) atoms. The molecule has 0 atom stereocenters. The first-order valence-corrected chi connectivity index (χ1v) is 7.41. The molecule has 1 aromatic rings. The molecule has 0 radical (unpaired) electrons. The van der Waals surface area contributed by atoms with Crippen molar-refractivity contribution in [3.63, 3.8) is 0 Å². The van der Waals surface area contributed by atoms with Gasteiger partial charge in [-0.2, -0.15) is 0 Å². The molecule has 0 bridgehead atoms. The number of nitrogens with zero attached hydrogens (tertiary/aromatic N) is 1. The van der Waals surface area contributed by atoms with Gasteiger partial charge in [-0.05, 0) is 18.9 Å². The molecule has 1 heterocycles. The molecule has 1 aromatic heterocycles. The number of ether oxygens (including phenoxy) is 1. The minimum atomic E-state index is -1.04. The number of pyridine rings is 1. The monoisotopic (exact) mass is 304 g/mol. The first kappa shape index (κ1) is 16.1. The molecule has 1 fully saturated rings. The summed E-state index contributed by atoms with van der Waals surface area (Å²) in [5.74, 6) is -1.41. The highest BCUT2D eigenvalue weighted by molar-refractivity contribution is 6.31. The van der Waals surface area contributed by atoms with Gasteiger partial charge in [0.05, 0.1) is 12.8 Å². The van der Waals surface area contributed by atoms with Crippen LogP contribution in [0.3, 0.4) is 0 Å². The van der Waals surface area contributed by atoms with Crippen molar-refractivity contribution in [3.05, 3.63) is 24.0 Å². The summed E-state index contributed by atoms with van der Waals surface area (Å²) < 4.78 is 5.06. The summed E-state index contributed by atoms with van der Waals surface area (Å²) in [5, 5.41) is 2.55. The number of hydrogen-bond acceptors (Lipinski definition) is 5. The van der Waals surface area contributed by atoms with E-state index in [1.807, 2.05) is 13.8 Å². The maximum absolute atomic E-state index is 12.2. The van der Waals surface area contributed by atoms with E-state index in [4.69, 9.17) is 4.74 Å². The lowest BCUT2D eigenvalue weighted by atomic mass is 9.74. The zero-order valence-corrected chi connectivity index (χ0v) is 13.0. The molecule has 1 aliphatic carbocycles. The van der Waals surface area contributed by atoms with Crippen LogP contribution in [0.1, 0.15) is 38.3 Å². The van der Waals surface area contributed by atoms with Gasteiger partial charge in [0.2, 0.25) is 5.91 Å². The van der Waals surface area contributed by atoms with E-state index in [2.05, 4.69) is 10.3 Å². The molecule has 1 N–H and O–H groups in total. The SMILES string of the molecule is CCC(CC)C(=O)NC1C(=O)C(c2cc(OC)ccn2)C1=O. The predicted molar refractivity (Wildman–Crippen MR) is 79.5 cm³/mol. The van der Waals surface area contributed by atoms with Crippen molar-refractivity contribution in [2.24, 2.45) is 5.92 Å². The lowest BCUT2D eigenvalue weighted by molar-refractivity contribution is -0.146. The highest BCUT2D eigenvalue weighted by Gasteiger charge is 2.51. The van der Waals surface area contributed by atoms with Crippen molar-refractivity contribution in [1.29, 1.82) is 0 Å². The Labute approximate surface area is 129 Å². The Hall–Kier alpha value is -2.24. The summed E-state index contributed by atoms with van der Waals surface area (Å²) in [6.45, 7) is 3.81. The van der Waals surface area contributed by atoms with Crippen molar-refractivity contribution >= 4 is 17.5 Å². The first-order valence-electron chi connectivity index (χ1n) is 7.41. The Morgan fingerprint density at radius 1 is 1.32 bits per heavy atom. The molecule has 118 valence electrons. The molecule has 0 unspecified atom stereocenters. The second-order valence-corrected chi connectivity index (χ2v) is 5.31. The third-order valence-corrected chi connectivity index (χ3v) is 4.07. The van der Waals surface area contributed by atoms with E-state index in [0.717, 1.165) is 0 Å². The van der Waals surface area contributed by atoms with Crippen LogP contribution < -0.4 is 10.1 Å². The van der Waals surface area contributed by atoms with Crippen molar-refractivity contribution < 1.29 is 19.1 Å². The van der Waals surface area contributed by atoms with E-state index in [1.54, 1.807) is 12.1 Å². The number of ketones is 2. The van der Waals surface area contributed by atoms with Crippen LogP contribution in [0.2, 0.25) is 0 Å². The second-order valence-electron chi connectivity index (χ2n) is 5.31. The van der Waals surface area contributed by atoms with Crippen LogP contribution in [0.5, 0.6) is 5.75 Å². The average molecular weight is 304 g/mol. The minimum Gasteiger partial charge on any atom is -0.497 e. The maximum atomic E-state index is 12.2. The van der Waals surface area contributed by atoms with E-state index in [-0.39, 0.29) is 23.4 Å². The maximum Gasteiger partial charge on any atom is 0.224 e. The molecule has 0 saturated heterocycles. The molecule has 6 heteroatoms. The van der Waals surface area contributed by atoms with Gasteiger partial charge in [0, 0.05) is 18.2 Å². The molecule has 1 aliphatic rings. The first-order chi connectivity index (χ1) is 10.5. The number of carbonyl (C=O) groups is 3. The third kappa shape index (κ3) is 2.86. The standard InChI is InChI=1S/C16H20N2O4/c1-4-9(5-2)16(21)18-13-14(19)12(15(13)20)11-8-10(22-3)6-7-17-11/h6-9,12-13H,4-5H2,1-3H3,(H,18,21). The molecule has 0 spiro atoms. The van der Waals surface area contributed by atoms with Crippen LogP contribution in [0.15, 0.2) is 18.3 Å². The number of carbonyl (C=O) groups excluding carboxylic acids is 3. The highest BCUT2D eigenvalue weighted by Crippen LogP contribution is 2.30. The number of hydrogen-bond donors (Lipinski definition) is 1. The molecule has 2 rings (SSSR count). The van der Waals surface area contributed by atoms with Crippen LogP contribution in [0.4, 0.5) is 0 Å². The summed E-state index contributed by atoms with van der Waals surface area (Å²) in [6.07, 6.45) is 2.85. The topological polar surface area (TPSA) is 85.4 Å². The van der Waals surface area contributed by atoms with Gasteiger partial charge >= 0.3 is 0 Å². The quantitative estimate of drug-likeness (QED) is 0.799. The Morgan fingerprint density at radius 3 is 2.50 bits per heavy atom. The summed E-state index contributed by atoms with van der Waals surface area (Å²) in [4.78, 5) is 40.4. The molecule has 6 nitrogen and oxygen atoms in total. The van der Waals surface area contributed by atoms with Crippen LogP contribution in [0.25, 0.3) is 0 Å². The fraction of sp³-hybridized carbons (Fsp3) is 0.500. The summed E-state index contributed by atoms with van der Waals surface area (Å²) in [5.41, 5.74) is 0.363. The third-order valence-electron chi connectivity index (χ3n) is 4.07. The van der Waals surface area contributed by atoms with E-state index in [1.165, 1.54) is 13.3 Å². The Kier molecular flexibility index (Phi) is 4.90. The van der Waals surface area contributed by atoms with Gasteiger partial charge in [0.1, 0.15) is 17.7 Å². The highest BCUT2D eigenvalue weighted by atomic mass is 16.5. The summed E-state index contributed by atoms with van der Waals surface area (Å²) >= 11 is 0. The van der Waals surface area contributed by atoms with Gasteiger partial charge in [-0.15, -0.1) is 0 Å². The lowest BCUT2D eigenvalue weighted by Crippen LogP contribution is -2.61. The Morgan fingerprint density at radius 2 is 1.95 bits per heavy atom. The number of Topliss-reactive ketones (excluding diaryl/α,β-unsaturated/α-hetero) is 2. The summed E-state index contributed by atoms with van der Waals surface area (Å²) in [7, 11) is 1.50. The summed E-state index contributed by atoms with van der Waals surface area (Å²) in [6, 6.07) is 2.18. The van der Waals surface area contributed by atoms with E-state index < -0.39 is 12.0 Å². The van der Waals surface area contributed by atoms with E-state index in [0.29, 0.717) is 24.3 Å². The number of methoxy groups -OCH3 is 1. The van der Waals surface area contributed by atoms with Crippen LogP contribution >= 0.6 is 0 Å².